The molecule has 0 amide bonds. The summed E-state index contributed by atoms with van der Waals surface area (Å²) < 4.78 is 7.41. The molecule has 10 heavy (non-hydrogen) atoms. The molecular weight excluding hydrogens is 124 g/mol. The van der Waals surface area contributed by atoms with E-state index in [2.05, 4.69) is 16.8 Å². The molecule has 0 aliphatic carbocycles. The smallest absolute Gasteiger partial charge is 0.0277 e. The Morgan fingerprint density at radius 1 is 1.30 bits per heavy atom. The fourth-order valence-corrected chi connectivity index (χ4v) is 1.29. The number of likely N-dealkylation sites (N-methyl/N-ethyl adjacent to an activating group) is 1. The lowest BCUT2D eigenvalue weighted by atomic mass is 10.3. The maximum absolute atomic E-state index is 7.41. The van der Waals surface area contributed by atoms with Crippen LogP contribution in [0.4, 0.5) is 0 Å². The predicted molar refractivity (Wildman–Crippen MR) is 44.2 cm³/mol. The molecule has 1 aliphatic heterocycles. The largest absolute Gasteiger partial charge is 0.304 e. The van der Waals surface area contributed by atoms with Crippen molar-refractivity contribution in [3.05, 3.63) is 0 Å². The van der Waals surface area contributed by atoms with E-state index in [4.69, 9.17) is 1.37 Å². The summed E-state index contributed by atoms with van der Waals surface area (Å²) in [5.74, 6) is 0. The van der Waals surface area contributed by atoms with Gasteiger partial charge in [-0.15, -0.1) is 0 Å². The van der Waals surface area contributed by atoms with Crippen molar-refractivity contribution in [2.75, 3.05) is 39.8 Å². The van der Waals surface area contributed by atoms with Crippen LogP contribution in [0.2, 0.25) is 0 Å². The molecule has 0 aromatic heterocycles. The molecule has 1 rings (SSSR count). The van der Waals surface area contributed by atoms with Crippen molar-refractivity contribution in [2.24, 2.45) is 0 Å². The zero-order chi connectivity index (χ0) is 8.27. The number of piperazine rings is 1. The molecule has 0 bridgehead atoms. The Morgan fingerprint density at radius 2 is 1.90 bits per heavy atom. The van der Waals surface area contributed by atoms with Crippen LogP contribution in [-0.4, -0.2) is 49.6 Å². The van der Waals surface area contributed by atoms with Crippen molar-refractivity contribution in [2.45, 2.75) is 13.3 Å². The predicted octanol–water partition coefficient (Wildman–Crippen LogP) is 0.644. The van der Waals surface area contributed by atoms with E-state index >= 15 is 0 Å². The summed E-state index contributed by atoms with van der Waals surface area (Å²) in [6.45, 7) is 7.49. The summed E-state index contributed by atoms with van der Waals surface area (Å²) in [6.07, 6.45) is 0.0680. The average Bonchev–Trinajstić information content (AvgIpc) is 1.93. The van der Waals surface area contributed by atoms with E-state index in [-0.39, 0.29) is 6.40 Å². The average molecular weight is 143 g/mol. The van der Waals surface area contributed by atoms with E-state index in [1.165, 1.54) is 0 Å². The molecule has 0 aromatic carbocycles. The minimum Gasteiger partial charge on any atom is -0.304 e. The second-order valence-electron chi connectivity index (χ2n) is 3.01. The van der Waals surface area contributed by atoms with Crippen LogP contribution in [0.15, 0.2) is 0 Å². The van der Waals surface area contributed by atoms with E-state index in [9.17, 15) is 0 Å². The summed E-state index contributed by atoms with van der Waals surface area (Å²) >= 11 is 0. The number of hydrogen-bond acceptors (Lipinski definition) is 2. The topological polar surface area (TPSA) is 6.48 Å². The molecule has 0 aromatic rings. The van der Waals surface area contributed by atoms with Crippen LogP contribution in [0.25, 0.3) is 0 Å². The molecule has 0 N–H and O–H groups in total. The van der Waals surface area contributed by atoms with Crippen molar-refractivity contribution in [3.8, 4) is 0 Å². The fraction of sp³-hybridized carbons (Fsp3) is 1.00. The highest BCUT2D eigenvalue weighted by atomic mass is 15.2. The van der Waals surface area contributed by atoms with Crippen molar-refractivity contribution in [3.63, 3.8) is 0 Å². The molecule has 1 unspecified atom stereocenters. The molecular formula is C8H18N2. The van der Waals surface area contributed by atoms with Crippen molar-refractivity contribution >= 4 is 0 Å². The van der Waals surface area contributed by atoms with Crippen LogP contribution in [0.5, 0.6) is 0 Å². The van der Waals surface area contributed by atoms with Crippen LogP contribution in [-0.2, 0) is 0 Å². The number of nitrogens with zero attached hydrogens (tertiary/aromatic N) is 2. The number of rotatable bonds is 2. The molecule has 1 atom stereocenters. The van der Waals surface area contributed by atoms with E-state index in [0.29, 0.717) is 0 Å². The first-order chi connectivity index (χ1) is 5.18. The van der Waals surface area contributed by atoms with Gasteiger partial charge >= 0.3 is 0 Å². The highest BCUT2D eigenvalue weighted by molar-refractivity contribution is 4.67. The van der Waals surface area contributed by atoms with Gasteiger partial charge in [-0.25, -0.2) is 0 Å². The van der Waals surface area contributed by atoms with Gasteiger partial charge in [-0.05, 0) is 20.0 Å². The monoisotopic (exact) mass is 143 g/mol. The van der Waals surface area contributed by atoms with Crippen LogP contribution in [0.3, 0.4) is 0 Å². The van der Waals surface area contributed by atoms with E-state index < -0.39 is 0 Å². The van der Waals surface area contributed by atoms with Gasteiger partial charge in [-0.1, -0.05) is 6.92 Å². The van der Waals surface area contributed by atoms with Gasteiger partial charge < -0.3 is 9.80 Å². The van der Waals surface area contributed by atoms with Crippen LogP contribution >= 0.6 is 0 Å². The molecule has 1 heterocycles. The first kappa shape index (κ1) is 6.62. The first-order valence-electron chi connectivity index (χ1n) is 4.59. The highest BCUT2D eigenvalue weighted by Crippen LogP contribution is 1.98. The molecule has 1 saturated heterocycles. The third-order valence-corrected chi connectivity index (χ3v) is 2.04. The Balaban J connectivity index is 2.17. The molecule has 0 saturated carbocycles. The van der Waals surface area contributed by atoms with Crippen LogP contribution < -0.4 is 0 Å². The Kier molecular flexibility index (Phi) is 2.61. The van der Waals surface area contributed by atoms with Gasteiger partial charge in [0.05, 0.1) is 0 Å². The van der Waals surface area contributed by atoms with Crippen molar-refractivity contribution < 1.29 is 1.37 Å². The summed E-state index contributed by atoms with van der Waals surface area (Å²) in [4.78, 5) is 4.71. The summed E-state index contributed by atoms with van der Waals surface area (Å²) in [5, 5.41) is 0. The van der Waals surface area contributed by atoms with Crippen LogP contribution in [0.1, 0.15) is 14.7 Å². The summed E-state index contributed by atoms with van der Waals surface area (Å²) in [6, 6.07) is 0. The third-order valence-electron chi connectivity index (χ3n) is 2.04. The lowest BCUT2D eigenvalue weighted by Crippen LogP contribution is -2.44. The normalized spacial score (nSPS) is 28.0. The highest BCUT2D eigenvalue weighted by Gasteiger charge is 2.11. The molecule has 2 nitrogen and oxygen atoms in total. The Labute approximate surface area is 65.2 Å². The molecule has 1 fully saturated rings. The standard InChI is InChI=1S/C8H18N2/c1-3-4-10-7-5-9(2)6-8-10/h3-8H2,1-2H3/i3D. The zero-order valence-electron chi connectivity index (χ0n) is 8.01. The molecule has 0 radical (unpaired) electrons. The van der Waals surface area contributed by atoms with Gasteiger partial charge in [0.2, 0.25) is 0 Å². The Hall–Kier alpha value is -0.0800. The zero-order valence-corrected chi connectivity index (χ0v) is 7.01. The molecule has 60 valence electrons. The van der Waals surface area contributed by atoms with Crippen molar-refractivity contribution in [1.29, 1.82) is 0 Å². The Bertz CT molecular complexity index is 109. The lowest BCUT2D eigenvalue weighted by molar-refractivity contribution is 0.154. The van der Waals surface area contributed by atoms with E-state index in [0.717, 1.165) is 32.7 Å². The van der Waals surface area contributed by atoms with Gasteiger partial charge in [0.1, 0.15) is 0 Å². The first-order valence-corrected chi connectivity index (χ1v) is 4.01. The fourth-order valence-electron chi connectivity index (χ4n) is 1.29. The maximum Gasteiger partial charge on any atom is 0.0277 e. The number of hydrogen-bond donors (Lipinski definition) is 0. The van der Waals surface area contributed by atoms with E-state index in [1.54, 1.807) is 0 Å². The van der Waals surface area contributed by atoms with Gasteiger partial charge in [-0.2, -0.15) is 0 Å². The molecule has 1 aliphatic rings. The Morgan fingerprint density at radius 3 is 2.40 bits per heavy atom. The SMILES string of the molecule is [2H]C(C)CN1CCN(C)CC1. The van der Waals surface area contributed by atoms with E-state index in [1.807, 2.05) is 6.92 Å². The van der Waals surface area contributed by atoms with Crippen LogP contribution in [0, 0.1) is 0 Å². The quantitative estimate of drug-likeness (QED) is 0.560. The van der Waals surface area contributed by atoms with Crippen molar-refractivity contribution in [1.82, 2.24) is 9.80 Å². The summed E-state index contributed by atoms with van der Waals surface area (Å²) in [7, 11) is 2.15. The van der Waals surface area contributed by atoms with Gasteiger partial charge in [0.15, 0.2) is 0 Å². The maximum atomic E-state index is 7.41. The molecule has 0 spiro atoms. The second kappa shape index (κ2) is 3.94. The lowest BCUT2D eigenvalue weighted by Gasteiger charge is -2.31. The molecule has 2 heteroatoms. The van der Waals surface area contributed by atoms with Gasteiger partial charge in [0.25, 0.3) is 0 Å². The third kappa shape index (κ3) is 2.27. The van der Waals surface area contributed by atoms with Gasteiger partial charge in [-0.3, -0.25) is 0 Å². The minimum atomic E-state index is 0.0680. The van der Waals surface area contributed by atoms with Gasteiger partial charge in [0, 0.05) is 27.5 Å². The second-order valence-corrected chi connectivity index (χ2v) is 3.01. The summed E-state index contributed by atoms with van der Waals surface area (Å²) in [5.41, 5.74) is 0. The minimum absolute atomic E-state index is 0.0680.